The summed E-state index contributed by atoms with van der Waals surface area (Å²) in [6.07, 6.45) is 1.09. The highest BCUT2D eigenvalue weighted by atomic mass is 35.5. The molecule has 0 saturated heterocycles. The molecule has 0 aliphatic heterocycles. The van der Waals surface area contributed by atoms with Gasteiger partial charge in [-0.25, -0.2) is 14.4 Å². The van der Waals surface area contributed by atoms with Gasteiger partial charge in [0, 0.05) is 6.07 Å². The van der Waals surface area contributed by atoms with Gasteiger partial charge in [-0.2, -0.15) is 0 Å². The number of nitrogens with one attached hydrogen (secondary N) is 1. The second-order valence-corrected chi connectivity index (χ2v) is 4.42. The number of aromatic nitrogens is 2. The Bertz CT molecular complexity index is 721. The molecule has 1 heterocycles. The molecular weight excluding hydrogens is 326 g/mol. The number of carbonyl (C=O) groups excluding carboxylic acids is 1. The van der Waals surface area contributed by atoms with Gasteiger partial charge in [-0.3, -0.25) is 14.9 Å². The Balaban J connectivity index is 2.31. The summed E-state index contributed by atoms with van der Waals surface area (Å²) in [5, 5.41) is 12.5. The molecule has 2 rings (SSSR count). The molecule has 0 bridgehead atoms. The number of nitro benzene ring substituents is 1. The molecule has 0 unspecified atom stereocenters. The average Bonchev–Trinajstić information content (AvgIpc) is 2.42. The topological polar surface area (TPSA) is 98.0 Å². The SMILES string of the molecule is O=C(Nc1c(Cl)ncnc1Cl)c1ccc([N+](=O)[O-])cc1F. The van der Waals surface area contributed by atoms with E-state index in [1.165, 1.54) is 0 Å². The van der Waals surface area contributed by atoms with Gasteiger partial charge in [-0.15, -0.1) is 0 Å². The van der Waals surface area contributed by atoms with Crippen LogP contribution in [0.25, 0.3) is 0 Å². The largest absolute Gasteiger partial charge is 0.317 e. The second kappa shape index (κ2) is 5.98. The van der Waals surface area contributed by atoms with E-state index >= 15 is 0 Å². The molecule has 0 spiro atoms. The van der Waals surface area contributed by atoms with Crippen LogP contribution >= 0.6 is 23.2 Å². The van der Waals surface area contributed by atoms with Gasteiger partial charge in [-0.1, -0.05) is 23.2 Å². The molecule has 2 aromatic rings. The smallest absolute Gasteiger partial charge is 0.272 e. The third-order valence-electron chi connectivity index (χ3n) is 2.40. The minimum atomic E-state index is -1.05. The number of non-ortho nitro benzene ring substituents is 1. The number of rotatable bonds is 3. The molecular formula is C11H5Cl2FN4O3. The molecule has 0 fully saturated rings. The lowest BCUT2D eigenvalue weighted by Crippen LogP contribution is -2.15. The van der Waals surface area contributed by atoms with E-state index in [4.69, 9.17) is 23.2 Å². The Morgan fingerprint density at radius 1 is 1.29 bits per heavy atom. The minimum Gasteiger partial charge on any atom is -0.317 e. The number of anilines is 1. The van der Waals surface area contributed by atoms with Gasteiger partial charge < -0.3 is 5.32 Å². The van der Waals surface area contributed by atoms with E-state index < -0.39 is 27.9 Å². The van der Waals surface area contributed by atoms with Crippen molar-refractivity contribution in [2.75, 3.05) is 5.32 Å². The Kier molecular flexibility index (Phi) is 4.29. The molecule has 1 aromatic carbocycles. The number of halogens is 3. The Labute approximate surface area is 126 Å². The fourth-order valence-electron chi connectivity index (χ4n) is 1.43. The van der Waals surface area contributed by atoms with Crippen molar-refractivity contribution in [2.45, 2.75) is 0 Å². The summed E-state index contributed by atoms with van der Waals surface area (Å²) in [5.74, 6) is -1.94. The number of hydrogen-bond acceptors (Lipinski definition) is 5. The molecule has 1 N–H and O–H groups in total. The van der Waals surface area contributed by atoms with Crippen LogP contribution in [0, 0.1) is 15.9 Å². The fraction of sp³-hybridized carbons (Fsp3) is 0. The summed E-state index contributed by atoms with van der Waals surface area (Å²) in [6.45, 7) is 0. The van der Waals surface area contributed by atoms with E-state index in [9.17, 15) is 19.3 Å². The predicted octanol–water partition coefficient (Wildman–Crippen LogP) is 3.08. The molecule has 0 radical (unpaired) electrons. The maximum absolute atomic E-state index is 13.7. The standard InChI is InChI=1S/C11H5Cl2FN4O3/c12-9-8(10(13)16-4-15-9)17-11(19)6-2-1-5(18(20)21)3-7(6)14/h1-4H,(H,17,19). The molecule has 0 aliphatic rings. The monoisotopic (exact) mass is 330 g/mol. The van der Waals surface area contributed by atoms with Gasteiger partial charge in [0.2, 0.25) is 0 Å². The van der Waals surface area contributed by atoms with Gasteiger partial charge in [-0.05, 0) is 6.07 Å². The van der Waals surface area contributed by atoms with Crippen LogP contribution in [-0.2, 0) is 0 Å². The van der Waals surface area contributed by atoms with Gasteiger partial charge in [0.1, 0.15) is 17.8 Å². The zero-order valence-corrected chi connectivity index (χ0v) is 11.5. The average molecular weight is 331 g/mol. The number of nitrogens with zero attached hydrogens (tertiary/aromatic N) is 3. The lowest BCUT2D eigenvalue weighted by atomic mass is 10.2. The van der Waals surface area contributed by atoms with Crippen LogP contribution in [0.1, 0.15) is 10.4 Å². The number of carbonyl (C=O) groups is 1. The van der Waals surface area contributed by atoms with Crippen molar-refractivity contribution in [1.29, 1.82) is 0 Å². The van der Waals surface area contributed by atoms with Crippen LogP contribution in [0.4, 0.5) is 15.8 Å². The van der Waals surface area contributed by atoms with Gasteiger partial charge in [0.15, 0.2) is 10.3 Å². The van der Waals surface area contributed by atoms with Crippen molar-refractivity contribution in [3.63, 3.8) is 0 Å². The summed E-state index contributed by atoms with van der Waals surface area (Å²) in [5.41, 5.74) is -0.955. The molecule has 21 heavy (non-hydrogen) atoms. The van der Waals surface area contributed by atoms with Crippen molar-refractivity contribution in [1.82, 2.24) is 9.97 Å². The number of amides is 1. The molecule has 7 nitrogen and oxygen atoms in total. The van der Waals surface area contributed by atoms with Crippen LogP contribution in [0.5, 0.6) is 0 Å². The normalized spacial score (nSPS) is 10.2. The maximum atomic E-state index is 13.7. The molecule has 0 aliphatic carbocycles. The van der Waals surface area contributed by atoms with Crippen LogP contribution in [0.3, 0.4) is 0 Å². The van der Waals surface area contributed by atoms with Gasteiger partial charge >= 0.3 is 0 Å². The van der Waals surface area contributed by atoms with E-state index in [-0.39, 0.29) is 16.0 Å². The molecule has 1 aromatic heterocycles. The molecule has 108 valence electrons. The predicted molar refractivity (Wildman–Crippen MR) is 73.1 cm³/mol. The maximum Gasteiger partial charge on any atom is 0.272 e. The first-order valence-electron chi connectivity index (χ1n) is 5.31. The highest BCUT2D eigenvalue weighted by molar-refractivity contribution is 6.38. The molecule has 0 saturated carbocycles. The van der Waals surface area contributed by atoms with E-state index in [2.05, 4.69) is 15.3 Å². The van der Waals surface area contributed by atoms with Crippen molar-refractivity contribution >= 4 is 40.5 Å². The van der Waals surface area contributed by atoms with Crippen molar-refractivity contribution in [3.8, 4) is 0 Å². The van der Waals surface area contributed by atoms with E-state index in [0.29, 0.717) is 6.07 Å². The summed E-state index contributed by atoms with van der Waals surface area (Å²) >= 11 is 11.5. The van der Waals surface area contributed by atoms with Gasteiger partial charge in [0.05, 0.1) is 16.6 Å². The molecule has 10 heteroatoms. The number of benzene rings is 1. The van der Waals surface area contributed by atoms with Crippen LogP contribution in [0.2, 0.25) is 10.3 Å². The summed E-state index contributed by atoms with van der Waals surface area (Å²) < 4.78 is 13.7. The first-order valence-corrected chi connectivity index (χ1v) is 6.07. The summed E-state index contributed by atoms with van der Waals surface area (Å²) in [4.78, 5) is 28.9. The van der Waals surface area contributed by atoms with Crippen LogP contribution in [0.15, 0.2) is 24.5 Å². The Morgan fingerprint density at radius 3 is 2.43 bits per heavy atom. The Hall–Kier alpha value is -2.32. The number of nitro groups is 1. The third-order valence-corrected chi connectivity index (χ3v) is 2.97. The van der Waals surface area contributed by atoms with Crippen molar-refractivity contribution in [3.05, 3.63) is 56.3 Å². The van der Waals surface area contributed by atoms with E-state index in [1.807, 2.05) is 0 Å². The first kappa shape index (κ1) is 15.1. The van der Waals surface area contributed by atoms with Gasteiger partial charge in [0.25, 0.3) is 11.6 Å². The molecule has 1 amide bonds. The van der Waals surface area contributed by atoms with Crippen LogP contribution in [-0.4, -0.2) is 20.8 Å². The number of hydrogen-bond donors (Lipinski definition) is 1. The molecule has 0 atom stereocenters. The van der Waals surface area contributed by atoms with Crippen molar-refractivity contribution < 1.29 is 14.1 Å². The summed E-state index contributed by atoms with van der Waals surface area (Å²) in [6, 6.07) is 2.62. The van der Waals surface area contributed by atoms with Crippen molar-refractivity contribution in [2.24, 2.45) is 0 Å². The quantitative estimate of drug-likeness (QED) is 0.529. The van der Waals surface area contributed by atoms with E-state index in [1.54, 1.807) is 0 Å². The highest BCUT2D eigenvalue weighted by Gasteiger charge is 2.18. The third kappa shape index (κ3) is 3.23. The summed E-state index contributed by atoms with van der Waals surface area (Å²) in [7, 11) is 0. The lowest BCUT2D eigenvalue weighted by molar-refractivity contribution is -0.385. The first-order chi connectivity index (χ1) is 9.90. The lowest BCUT2D eigenvalue weighted by Gasteiger charge is -2.08. The van der Waals surface area contributed by atoms with Crippen LogP contribution < -0.4 is 5.32 Å². The second-order valence-electron chi connectivity index (χ2n) is 3.71. The van der Waals surface area contributed by atoms with E-state index in [0.717, 1.165) is 18.5 Å². The minimum absolute atomic E-state index is 0.0800. The Morgan fingerprint density at radius 2 is 1.90 bits per heavy atom. The zero-order valence-electron chi connectivity index (χ0n) is 10.0. The zero-order chi connectivity index (χ0) is 15.6. The highest BCUT2D eigenvalue weighted by Crippen LogP contribution is 2.26. The fourth-order valence-corrected chi connectivity index (χ4v) is 1.84.